The highest BCUT2D eigenvalue weighted by Gasteiger charge is 2.58. The number of carboxylic acid groups (broad SMARTS) is 1. The first-order valence-corrected chi connectivity index (χ1v) is 13.0. The lowest BCUT2D eigenvalue weighted by Gasteiger charge is -2.40. The molecule has 8 nitrogen and oxygen atoms in total. The zero-order chi connectivity index (χ0) is 26.1. The Labute approximate surface area is 215 Å². The Bertz CT molecular complexity index is 1190. The Morgan fingerprint density at radius 3 is 2.42 bits per heavy atom. The molecule has 0 saturated carbocycles. The molecule has 9 heteroatoms. The van der Waals surface area contributed by atoms with Crippen molar-refractivity contribution in [2.45, 2.75) is 70.6 Å². The van der Waals surface area contributed by atoms with Gasteiger partial charge in [-0.05, 0) is 29.0 Å². The van der Waals surface area contributed by atoms with E-state index in [4.69, 9.17) is 4.74 Å². The lowest BCUT2D eigenvalue weighted by Crippen LogP contribution is -2.52. The summed E-state index contributed by atoms with van der Waals surface area (Å²) in [5.74, 6) is -0.599. The standard InChI is InChI=1S/C27H32N4O4S/c1-17(2)12-27(35-25(33)34)13-20(21-14-28-10-11-29-21)23(22-15-36-16-30-22)31(27)24(32)18-6-8-19(9-7-18)26(3,4)5/h6-11,14-17,20,23H,12-13H2,1-5H3,(H,33,34)/t20-,23-,27+/m1/s1. The van der Waals surface area contributed by atoms with E-state index in [-0.39, 0.29) is 29.6 Å². The van der Waals surface area contributed by atoms with E-state index in [1.807, 2.05) is 31.4 Å². The molecule has 0 radical (unpaired) electrons. The van der Waals surface area contributed by atoms with Gasteiger partial charge in [-0.1, -0.05) is 46.8 Å². The molecule has 3 heterocycles. The lowest BCUT2D eigenvalue weighted by molar-refractivity contribution is -0.108. The van der Waals surface area contributed by atoms with E-state index in [0.717, 1.165) is 5.56 Å². The summed E-state index contributed by atoms with van der Waals surface area (Å²) in [6.45, 7) is 10.3. The molecule has 3 aromatic rings. The van der Waals surface area contributed by atoms with Crippen LogP contribution in [-0.4, -0.2) is 42.7 Å². The minimum Gasteiger partial charge on any atom is -0.450 e. The molecule has 0 bridgehead atoms. The van der Waals surface area contributed by atoms with Crippen LogP contribution in [0.2, 0.25) is 0 Å². The molecule has 1 N–H and O–H groups in total. The number of benzene rings is 1. The van der Waals surface area contributed by atoms with Crippen molar-refractivity contribution in [3.8, 4) is 0 Å². The van der Waals surface area contributed by atoms with Crippen molar-refractivity contribution in [3.63, 3.8) is 0 Å². The number of amides is 1. The monoisotopic (exact) mass is 508 g/mol. The Balaban J connectivity index is 1.89. The Morgan fingerprint density at radius 1 is 1.17 bits per heavy atom. The molecule has 0 spiro atoms. The summed E-state index contributed by atoms with van der Waals surface area (Å²) >= 11 is 1.42. The second-order valence-corrected chi connectivity index (χ2v) is 11.4. The second-order valence-electron chi connectivity index (χ2n) is 10.7. The van der Waals surface area contributed by atoms with Crippen LogP contribution < -0.4 is 0 Å². The number of rotatable bonds is 6. The maximum atomic E-state index is 14.3. The van der Waals surface area contributed by atoms with Gasteiger partial charge in [0, 0.05) is 48.3 Å². The predicted octanol–water partition coefficient (Wildman–Crippen LogP) is 6.04. The Hall–Kier alpha value is -3.33. The van der Waals surface area contributed by atoms with Crippen molar-refractivity contribution in [1.82, 2.24) is 19.9 Å². The maximum absolute atomic E-state index is 14.3. The smallest absolute Gasteiger partial charge is 0.450 e. The molecule has 190 valence electrons. The van der Waals surface area contributed by atoms with Gasteiger partial charge in [-0.25, -0.2) is 9.78 Å². The van der Waals surface area contributed by atoms with Crippen molar-refractivity contribution in [2.24, 2.45) is 5.92 Å². The average Bonchev–Trinajstić information content (AvgIpc) is 3.44. The highest BCUT2D eigenvalue weighted by atomic mass is 32.1. The first kappa shape index (κ1) is 25.8. The third-order valence-corrected chi connectivity index (χ3v) is 7.18. The van der Waals surface area contributed by atoms with Crippen LogP contribution in [0.3, 0.4) is 0 Å². The van der Waals surface area contributed by atoms with Gasteiger partial charge in [-0.15, -0.1) is 11.3 Å². The SMILES string of the molecule is CC(C)C[C@]1(OC(=O)O)C[C@H](c2cnccn2)[C@H](c2cscn2)N1C(=O)c1ccc(C(C)(C)C)cc1. The topological polar surface area (TPSA) is 106 Å². The molecule has 1 saturated heterocycles. The van der Waals surface area contributed by atoms with Crippen molar-refractivity contribution in [2.75, 3.05) is 0 Å². The van der Waals surface area contributed by atoms with E-state index in [9.17, 15) is 14.7 Å². The molecule has 3 atom stereocenters. The van der Waals surface area contributed by atoms with Gasteiger partial charge in [0.15, 0.2) is 5.72 Å². The molecule has 1 amide bonds. The lowest BCUT2D eigenvalue weighted by atomic mass is 9.86. The summed E-state index contributed by atoms with van der Waals surface area (Å²) in [5.41, 5.74) is 3.16. The number of thiazole rings is 1. The number of hydrogen-bond donors (Lipinski definition) is 1. The molecule has 36 heavy (non-hydrogen) atoms. The number of likely N-dealkylation sites (tertiary alicyclic amines) is 1. The fraction of sp³-hybridized carbons (Fsp3) is 0.444. The first-order chi connectivity index (χ1) is 17.0. The molecule has 0 unspecified atom stereocenters. The van der Waals surface area contributed by atoms with Crippen LogP contribution in [0.5, 0.6) is 0 Å². The van der Waals surface area contributed by atoms with E-state index in [1.54, 1.807) is 41.1 Å². The summed E-state index contributed by atoms with van der Waals surface area (Å²) in [6.07, 6.45) is 4.02. The van der Waals surface area contributed by atoms with Crippen LogP contribution in [0, 0.1) is 5.92 Å². The number of aromatic nitrogens is 3. The van der Waals surface area contributed by atoms with E-state index in [2.05, 4.69) is 35.7 Å². The number of nitrogens with zero attached hydrogens (tertiary/aromatic N) is 4. The molecular formula is C27H32N4O4S. The highest BCUT2D eigenvalue weighted by molar-refractivity contribution is 7.07. The van der Waals surface area contributed by atoms with Gasteiger partial charge in [-0.3, -0.25) is 19.7 Å². The summed E-state index contributed by atoms with van der Waals surface area (Å²) in [6, 6.07) is 6.93. The molecule has 0 aliphatic carbocycles. The van der Waals surface area contributed by atoms with Gasteiger partial charge in [0.25, 0.3) is 5.91 Å². The van der Waals surface area contributed by atoms with Gasteiger partial charge < -0.3 is 9.84 Å². The number of hydrogen-bond acceptors (Lipinski definition) is 7. The zero-order valence-corrected chi connectivity index (χ0v) is 22.0. The summed E-state index contributed by atoms with van der Waals surface area (Å²) in [7, 11) is 0. The third kappa shape index (κ3) is 5.11. The molecule has 1 aliphatic rings. The van der Waals surface area contributed by atoms with Gasteiger partial charge in [0.1, 0.15) is 0 Å². The minimum absolute atomic E-state index is 0.0552. The fourth-order valence-electron chi connectivity index (χ4n) is 5.14. The van der Waals surface area contributed by atoms with E-state index in [0.29, 0.717) is 23.4 Å². The average molecular weight is 509 g/mol. The van der Waals surface area contributed by atoms with Crippen molar-refractivity contribution in [1.29, 1.82) is 0 Å². The van der Waals surface area contributed by atoms with Crippen LogP contribution in [0.25, 0.3) is 0 Å². The van der Waals surface area contributed by atoms with Crippen LogP contribution in [0.4, 0.5) is 4.79 Å². The minimum atomic E-state index is -1.42. The molecule has 4 rings (SSSR count). The van der Waals surface area contributed by atoms with Crippen molar-refractivity contribution < 1.29 is 19.4 Å². The Morgan fingerprint density at radius 2 is 1.89 bits per heavy atom. The van der Waals surface area contributed by atoms with Crippen molar-refractivity contribution in [3.05, 3.63) is 76.3 Å². The number of ether oxygens (including phenoxy) is 1. The Kier molecular flexibility index (Phi) is 7.13. The van der Waals surface area contributed by atoms with Crippen LogP contribution in [-0.2, 0) is 10.2 Å². The molecule has 2 aromatic heterocycles. The predicted molar refractivity (Wildman–Crippen MR) is 137 cm³/mol. The van der Waals surface area contributed by atoms with Crippen molar-refractivity contribution >= 4 is 23.4 Å². The molecular weight excluding hydrogens is 476 g/mol. The quantitative estimate of drug-likeness (QED) is 0.405. The first-order valence-electron chi connectivity index (χ1n) is 12.0. The zero-order valence-electron chi connectivity index (χ0n) is 21.2. The maximum Gasteiger partial charge on any atom is 0.507 e. The van der Waals surface area contributed by atoms with Gasteiger partial charge in [-0.2, -0.15) is 0 Å². The summed E-state index contributed by atoms with van der Waals surface area (Å²) in [5, 5.41) is 11.7. The molecule has 1 aromatic carbocycles. The second kappa shape index (κ2) is 9.97. The van der Waals surface area contributed by atoms with Crippen LogP contribution >= 0.6 is 11.3 Å². The van der Waals surface area contributed by atoms with E-state index < -0.39 is 17.9 Å². The van der Waals surface area contributed by atoms with Gasteiger partial charge in [0.05, 0.1) is 22.9 Å². The van der Waals surface area contributed by atoms with Crippen LogP contribution in [0.15, 0.2) is 53.7 Å². The number of carbonyl (C=O) groups excluding carboxylic acids is 1. The number of carbonyl (C=O) groups is 2. The highest BCUT2D eigenvalue weighted by Crippen LogP contribution is 2.54. The summed E-state index contributed by atoms with van der Waals surface area (Å²) in [4.78, 5) is 41.2. The van der Waals surface area contributed by atoms with Gasteiger partial charge >= 0.3 is 6.16 Å². The van der Waals surface area contributed by atoms with E-state index >= 15 is 0 Å². The van der Waals surface area contributed by atoms with Crippen LogP contribution in [0.1, 0.15) is 86.7 Å². The molecule has 1 aliphatic heterocycles. The fourth-order valence-corrected chi connectivity index (χ4v) is 5.72. The van der Waals surface area contributed by atoms with Gasteiger partial charge in [0.2, 0.25) is 0 Å². The third-order valence-electron chi connectivity index (χ3n) is 6.58. The normalized spacial score (nSPS) is 22.1. The molecule has 1 fully saturated rings. The summed E-state index contributed by atoms with van der Waals surface area (Å²) < 4.78 is 5.67. The largest absolute Gasteiger partial charge is 0.507 e. The van der Waals surface area contributed by atoms with E-state index in [1.165, 1.54) is 11.3 Å².